The van der Waals surface area contributed by atoms with Gasteiger partial charge in [-0.1, -0.05) is 0 Å². The van der Waals surface area contributed by atoms with E-state index in [4.69, 9.17) is 9.84 Å². The Labute approximate surface area is 84.8 Å². The molecule has 1 unspecified atom stereocenters. The van der Waals surface area contributed by atoms with Crippen molar-refractivity contribution in [3.63, 3.8) is 0 Å². The molecular formula is C10H19NO3. The van der Waals surface area contributed by atoms with Crippen molar-refractivity contribution in [3.8, 4) is 0 Å². The van der Waals surface area contributed by atoms with Gasteiger partial charge in [0.25, 0.3) is 0 Å². The molecule has 1 atom stereocenters. The van der Waals surface area contributed by atoms with Crippen molar-refractivity contribution in [1.29, 1.82) is 0 Å². The third-order valence-electron chi connectivity index (χ3n) is 2.69. The smallest absolute Gasteiger partial charge is 0.307 e. The van der Waals surface area contributed by atoms with Crippen molar-refractivity contribution >= 4 is 5.97 Å². The lowest BCUT2D eigenvalue weighted by Crippen LogP contribution is -2.24. The number of hydrogen-bond acceptors (Lipinski definition) is 3. The van der Waals surface area contributed by atoms with Crippen LogP contribution < -0.4 is 0 Å². The maximum atomic E-state index is 10.7. The van der Waals surface area contributed by atoms with Crippen LogP contribution in [-0.4, -0.2) is 49.3 Å². The first-order valence-electron chi connectivity index (χ1n) is 5.18. The van der Waals surface area contributed by atoms with Crippen LogP contribution in [-0.2, 0) is 9.53 Å². The summed E-state index contributed by atoms with van der Waals surface area (Å²) in [6.07, 6.45) is 2.96. The predicted molar refractivity (Wildman–Crippen MR) is 53.3 cm³/mol. The Kier molecular flexibility index (Phi) is 4.90. The minimum Gasteiger partial charge on any atom is -0.481 e. The second kappa shape index (κ2) is 5.98. The van der Waals surface area contributed by atoms with Crippen molar-refractivity contribution in [3.05, 3.63) is 0 Å². The van der Waals surface area contributed by atoms with Gasteiger partial charge in [0, 0.05) is 20.3 Å². The fourth-order valence-corrected chi connectivity index (χ4v) is 1.82. The zero-order valence-corrected chi connectivity index (χ0v) is 8.74. The maximum absolute atomic E-state index is 10.7. The summed E-state index contributed by atoms with van der Waals surface area (Å²) < 4.78 is 4.95. The van der Waals surface area contributed by atoms with E-state index >= 15 is 0 Å². The van der Waals surface area contributed by atoms with Gasteiger partial charge < -0.3 is 14.7 Å². The van der Waals surface area contributed by atoms with E-state index in [1.54, 1.807) is 7.11 Å². The van der Waals surface area contributed by atoms with E-state index in [1.807, 2.05) is 0 Å². The molecule has 0 aliphatic carbocycles. The van der Waals surface area contributed by atoms with E-state index in [2.05, 4.69) is 4.90 Å². The highest BCUT2D eigenvalue weighted by Crippen LogP contribution is 2.16. The number of carbonyl (C=O) groups is 1. The number of rotatable bonds is 6. The summed E-state index contributed by atoms with van der Waals surface area (Å²) in [5.41, 5.74) is 0. The summed E-state index contributed by atoms with van der Waals surface area (Å²) in [7, 11) is 1.70. The normalized spacial score (nSPS) is 22.8. The number of aliphatic carboxylic acids is 1. The zero-order valence-electron chi connectivity index (χ0n) is 8.74. The third kappa shape index (κ3) is 3.64. The highest BCUT2D eigenvalue weighted by molar-refractivity contribution is 5.70. The summed E-state index contributed by atoms with van der Waals surface area (Å²) in [4.78, 5) is 12.9. The van der Waals surface area contributed by atoms with Crippen LogP contribution in [0, 0.1) is 5.92 Å². The average Bonchev–Trinajstić information content (AvgIpc) is 2.61. The molecule has 1 rings (SSSR count). The van der Waals surface area contributed by atoms with Crippen LogP contribution in [0.1, 0.15) is 19.3 Å². The molecule has 1 N–H and O–H groups in total. The molecule has 1 aliphatic rings. The Balaban J connectivity index is 2.07. The second-order valence-corrected chi connectivity index (χ2v) is 3.82. The van der Waals surface area contributed by atoms with Crippen molar-refractivity contribution in [2.24, 2.45) is 5.92 Å². The van der Waals surface area contributed by atoms with Gasteiger partial charge in [0.2, 0.25) is 0 Å². The highest BCUT2D eigenvalue weighted by Gasteiger charge is 2.27. The lowest BCUT2D eigenvalue weighted by atomic mass is 10.1. The minimum atomic E-state index is -0.649. The molecule has 0 aromatic carbocycles. The molecule has 1 fully saturated rings. The SMILES string of the molecule is COCCCCN1CCC(C(=O)O)C1. The minimum absolute atomic E-state index is 0.141. The first-order chi connectivity index (χ1) is 6.74. The number of ether oxygens (including phenoxy) is 1. The summed E-state index contributed by atoms with van der Waals surface area (Å²) >= 11 is 0. The van der Waals surface area contributed by atoms with Crippen LogP contribution in [0.25, 0.3) is 0 Å². The summed E-state index contributed by atoms with van der Waals surface area (Å²) in [5.74, 6) is -0.790. The largest absolute Gasteiger partial charge is 0.481 e. The van der Waals surface area contributed by atoms with Crippen molar-refractivity contribution < 1.29 is 14.6 Å². The molecule has 0 saturated carbocycles. The van der Waals surface area contributed by atoms with E-state index in [9.17, 15) is 4.79 Å². The standard InChI is InChI=1S/C10H19NO3/c1-14-7-3-2-5-11-6-4-9(8-11)10(12)13/h9H,2-8H2,1H3,(H,12,13). The van der Waals surface area contributed by atoms with E-state index in [1.165, 1.54) is 0 Å². The van der Waals surface area contributed by atoms with Gasteiger partial charge in [-0.25, -0.2) is 0 Å². The summed E-state index contributed by atoms with van der Waals surface area (Å²) in [6, 6.07) is 0. The predicted octanol–water partition coefficient (Wildman–Crippen LogP) is 0.820. The fourth-order valence-electron chi connectivity index (χ4n) is 1.82. The van der Waals surface area contributed by atoms with Gasteiger partial charge in [-0.15, -0.1) is 0 Å². The number of methoxy groups -OCH3 is 1. The number of hydrogen-bond donors (Lipinski definition) is 1. The monoisotopic (exact) mass is 201 g/mol. The van der Waals surface area contributed by atoms with Crippen LogP contribution in [0.5, 0.6) is 0 Å². The van der Waals surface area contributed by atoms with Crippen molar-refractivity contribution in [2.45, 2.75) is 19.3 Å². The van der Waals surface area contributed by atoms with Gasteiger partial charge in [0.1, 0.15) is 0 Å². The maximum Gasteiger partial charge on any atom is 0.307 e. The molecule has 4 nitrogen and oxygen atoms in total. The highest BCUT2D eigenvalue weighted by atomic mass is 16.5. The lowest BCUT2D eigenvalue weighted by molar-refractivity contribution is -0.141. The van der Waals surface area contributed by atoms with Crippen LogP contribution in [0.4, 0.5) is 0 Å². The molecule has 0 spiro atoms. The Morgan fingerprint density at radius 3 is 2.93 bits per heavy atom. The Bertz CT molecular complexity index is 184. The number of unbranched alkanes of at least 4 members (excludes halogenated alkanes) is 1. The van der Waals surface area contributed by atoms with Crippen LogP contribution in [0.2, 0.25) is 0 Å². The second-order valence-electron chi connectivity index (χ2n) is 3.82. The van der Waals surface area contributed by atoms with Gasteiger partial charge in [-0.3, -0.25) is 4.79 Å². The van der Waals surface area contributed by atoms with Crippen molar-refractivity contribution in [2.75, 3.05) is 33.4 Å². The van der Waals surface area contributed by atoms with Gasteiger partial charge in [0.05, 0.1) is 5.92 Å². The first-order valence-corrected chi connectivity index (χ1v) is 5.18. The van der Waals surface area contributed by atoms with Gasteiger partial charge in [0.15, 0.2) is 0 Å². The topological polar surface area (TPSA) is 49.8 Å². The summed E-state index contributed by atoms with van der Waals surface area (Å²) in [5, 5.41) is 8.79. The summed E-state index contributed by atoms with van der Waals surface area (Å²) in [6.45, 7) is 3.47. The molecular weight excluding hydrogens is 182 g/mol. The number of likely N-dealkylation sites (tertiary alicyclic amines) is 1. The number of carboxylic acid groups (broad SMARTS) is 1. The molecule has 1 heterocycles. The van der Waals surface area contributed by atoms with Crippen molar-refractivity contribution in [1.82, 2.24) is 4.90 Å². The third-order valence-corrected chi connectivity index (χ3v) is 2.69. The Morgan fingerprint density at radius 1 is 1.57 bits per heavy atom. The van der Waals surface area contributed by atoms with E-state index in [-0.39, 0.29) is 5.92 Å². The van der Waals surface area contributed by atoms with Crippen LogP contribution >= 0.6 is 0 Å². The van der Waals surface area contributed by atoms with Gasteiger partial charge in [-0.05, 0) is 32.4 Å². The number of carboxylic acids is 1. The Morgan fingerprint density at radius 2 is 2.36 bits per heavy atom. The molecule has 1 saturated heterocycles. The number of nitrogens with zero attached hydrogens (tertiary/aromatic N) is 1. The molecule has 4 heteroatoms. The molecule has 0 radical (unpaired) electrons. The van der Waals surface area contributed by atoms with Crippen LogP contribution in [0.3, 0.4) is 0 Å². The molecule has 14 heavy (non-hydrogen) atoms. The average molecular weight is 201 g/mol. The first kappa shape index (κ1) is 11.5. The van der Waals surface area contributed by atoms with Crippen LogP contribution in [0.15, 0.2) is 0 Å². The quantitative estimate of drug-likeness (QED) is 0.646. The fraction of sp³-hybridized carbons (Fsp3) is 0.900. The molecule has 0 aromatic heterocycles. The van der Waals surface area contributed by atoms with Gasteiger partial charge in [-0.2, -0.15) is 0 Å². The van der Waals surface area contributed by atoms with Gasteiger partial charge >= 0.3 is 5.97 Å². The molecule has 0 aromatic rings. The molecule has 1 aliphatic heterocycles. The molecule has 0 bridgehead atoms. The Hall–Kier alpha value is -0.610. The van der Waals surface area contributed by atoms with E-state index in [0.29, 0.717) is 0 Å². The van der Waals surface area contributed by atoms with E-state index < -0.39 is 5.97 Å². The van der Waals surface area contributed by atoms with E-state index in [0.717, 1.165) is 45.5 Å². The molecule has 0 amide bonds. The lowest BCUT2D eigenvalue weighted by Gasteiger charge is -2.14. The zero-order chi connectivity index (χ0) is 10.4. The molecule has 82 valence electrons.